The van der Waals surface area contributed by atoms with Crippen molar-refractivity contribution in [1.29, 1.82) is 0 Å². The number of rotatable bonds is 4. The molecule has 0 aromatic carbocycles. The fourth-order valence-corrected chi connectivity index (χ4v) is 2.54. The molecule has 0 bridgehead atoms. The fourth-order valence-electron chi connectivity index (χ4n) is 2.07. The Bertz CT molecular complexity index is 370. The summed E-state index contributed by atoms with van der Waals surface area (Å²) in [7, 11) is 2.01. The van der Waals surface area contributed by atoms with Crippen LogP contribution in [0.4, 0.5) is 0 Å². The Morgan fingerprint density at radius 1 is 1.56 bits per heavy atom. The maximum Gasteiger partial charge on any atom is 0.0739 e. The smallest absolute Gasteiger partial charge is 0.0739 e. The maximum absolute atomic E-state index is 4.43. The van der Waals surface area contributed by atoms with Crippen LogP contribution in [0.3, 0.4) is 0 Å². The minimum Gasteiger partial charge on any atom is -0.314 e. The quantitative estimate of drug-likeness (QED) is 0.905. The van der Waals surface area contributed by atoms with Crippen molar-refractivity contribution in [3.63, 3.8) is 0 Å². The summed E-state index contributed by atoms with van der Waals surface area (Å²) in [6, 6.07) is 0.687. The molecule has 1 aliphatic rings. The third kappa shape index (κ3) is 2.17. The number of hydrogen-bond acceptors (Lipinski definition) is 3. The minimum absolute atomic E-state index is 0.687. The van der Waals surface area contributed by atoms with Gasteiger partial charge in [0.05, 0.1) is 15.9 Å². The summed E-state index contributed by atoms with van der Waals surface area (Å²) in [5, 5.41) is 7.75. The van der Waals surface area contributed by atoms with Gasteiger partial charge in [0.15, 0.2) is 0 Å². The van der Waals surface area contributed by atoms with E-state index in [0.717, 1.165) is 36.3 Å². The third-order valence-electron chi connectivity index (χ3n) is 3.30. The average molecular weight is 287 g/mol. The van der Waals surface area contributed by atoms with Gasteiger partial charge >= 0.3 is 0 Å². The van der Waals surface area contributed by atoms with E-state index in [1.165, 1.54) is 5.69 Å². The molecule has 0 saturated carbocycles. The van der Waals surface area contributed by atoms with Gasteiger partial charge in [0.1, 0.15) is 0 Å². The van der Waals surface area contributed by atoms with Crippen LogP contribution in [-0.2, 0) is 13.6 Å². The van der Waals surface area contributed by atoms with E-state index in [-0.39, 0.29) is 0 Å². The highest BCUT2D eigenvalue weighted by atomic mass is 79.9. The Kier molecular flexibility index (Phi) is 3.66. The molecule has 0 atom stereocenters. The lowest BCUT2D eigenvalue weighted by Crippen LogP contribution is -2.56. The largest absolute Gasteiger partial charge is 0.314 e. The summed E-state index contributed by atoms with van der Waals surface area (Å²) in [6.07, 6.45) is 0. The van der Waals surface area contributed by atoms with Crippen molar-refractivity contribution in [1.82, 2.24) is 20.0 Å². The lowest BCUT2D eigenvalue weighted by Gasteiger charge is -2.37. The van der Waals surface area contributed by atoms with Crippen molar-refractivity contribution >= 4 is 15.9 Å². The number of aryl methyl sites for hydroxylation is 2. The second-order valence-corrected chi connectivity index (χ2v) is 5.14. The van der Waals surface area contributed by atoms with E-state index >= 15 is 0 Å². The topological polar surface area (TPSA) is 33.1 Å². The summed E-state index contributed by atoms with van der Waals surface area (Å²) in [6.45, 7) is 8.54. The van der Waals surface area contributed by atoms with Gasteiger partial charge in [0.25, 0.3) is 0 Å². The molecular formula is C11H19BrN4. The number of nitrogens with zero attached hydrogens (tertiary/aromatic N) is 3. The summed E-state index contributed by atoms with van der Waals surface area (Å²) < 4.78 is 3.13. The SMILES string of the molecule is CCN(Cc1c(Br)c(C)nn1C)C1CNC1. The highest BCUT2D eigenvalue weighted by Crippen LogP contribution is 2.22. The van der Waals surface area contributed by atoms with Crippen molar-refractivity contribution in [2.75, 3.05) is 19.6 Å². The van der Waals surface area contributed by atoms with Gasteiger partial charge in [0.2, 0.25) is 0 Å². The molecule has 2 heterocycles. The molecule has 0 unspecified atom stereocenters. The first-order valence-corrected chi connectivity index (χ1v) is 6.55. The van der Waals surface area contributed by atoms with E-state index in [9.17, 15) is 0 Å². The standard InChI is InChI=1S/C11H19BrN4/c1-4-16(9-5-13-6-9)7-10-11(12)8(2)14-15(10)3/h9,13H,4-7H2,1-3H3. The molecule has 0 spiro atoms. The second kappa shape index (κ2) is 4.85. The molecule has 0 radical (unpaired) electrons. The first-order valence-electron chi connectivity index (χ1n) is 5.76. The van der Waals surface area contributed by atoms with Crippen molar-refractivity contribution in [3.05, 3.63) is 15.9 Å². The van der Waals surface area contributed by atoms with E-state index in [2.05, 4.69) is 38.2 Å². The molecule has 1 fully saturated rings. The van der Waals surface area contributed by atoms with Gasteiger partial charge in [0, 0.05) is 32.7 Å². The molecule has 5 heteroatoms. The summed E-state index contributed by atoms with van der Waals surface area (Å²) in [5.74, 6) is 0. The van der Waals surface area contributed by atoms with Crippen molar-refractivity contribution in [2.45, 2.75) is 26.4 Å². The van der Waals surface area contributed by atoms with Gasteiger partial charge in [-0.15, -0.1) is 0 Å². The van der Waals surface area contributed by atoms with Crippen LogP contribution >= 0.6 is 15.9 Å². The van der Waals surface area contributed by atoms with E-state index in [4.69, 9.17) is 0 Å². The summed E-state index contributed by atoms with van der Waals surface area (Å²) in [5.41, 5.74) is 2.34. The Labute approximate surface area is 105 Å². The molecule has 4 nitrogen and oxygen atoms in total. The second-order valence-electron chi connectivity index (χ2n) is 4.34. The van der Waals surface area contributed by atoms with Crippen LogP contribution in [0.1, 0.15) is 18.3 Å². The van der Waals surface area contributed by atoms with E-state index in [0.29, 0.717) is 6.04 Å². The molecular weight excluding hydrogens is 268 g/mol. The normalized spacial score (nSPS) is 16.8. The van der Waals surface area contributed by atoms with E-state index < -0.39 is 0 Å². The summed E-state index contributed by atoms with van der Waals surface area (Å²) in [4.78, 5) is 2.50. The van der Waals surface area contributed by atoms with E-state index in [1.807, 2.05) is 18.7 Å². The Morgan fingerprint density at radius 2 is 2.25 bits per heavy atom. The van der Waals surface area contributed by atoms with Crippen molar-refractivity contribution in [2.24, 2.45) is 7.05 Å². The monoisotopic (exact) mass is 286 g/mol. The number of aromatic nitrogens is 2. The first kappa shape index (κ1) is 12.1. The molecule has 1 aromatic heterocycles. The average Bonchev–Trinajstić information content (AvgIpc) is 2.40. The van der Waals surface area contributed by atoms with Crippen LogP contribution in [0.25, 0.3) is 0 Å². The molecule has 1 N–H and O–H groups in total. The molecule has 1 aliphatic heterocycles. The van der Waals surface area contributed by atoms with Crippen molar-refractivity contribution in [3.8, 4) is 0 Å². The van der Waals surface area contributed by atoms with Crippen LogP contribution in [0, 0.1) is 6.92 Å². The first-order chi connectivity index (χ1) is 7.63. The van der Waals surface area contributed by atoms with Crippen molar-refractivity contribution < 1.29 is 0 Å². The van der Waals surface area contributed by atoms with Crippen LogP contribution in [0.15, 0.2) is 4.47 Å². The highest BCUT2D eigenvalue weighted by molar-refractivity contribution is 9.10. The highest BCUT2D eigenvalue weighted by Gasteiger charge is 2.25. The Balaban J connectivity index is 2.11. The number of halogens is 1. The van der Waals surface area contributed by atoms with Gasteiger partial charge in [-0.1, -0.05) is 6.92 Å². The molecule has 90 valence electrons. The Morgan fingerprint density at radius 3 is 2.62 bits per heavy atom. The third-order valence-corrected chi connectivity index (χ3v) is 4.33. The zero-order valence-corrected chi connectivity index (χ0v) is 11.7. The fraction of sp³-hybridized carbons (Fsp3) is 0.727. The van der Waals surface area contributed by atoms with Gasteiger partial charge in [-0.3, -0.25) is 9.58 Å². The minimum atomic E-state index is 0.687. The number of nitrogens with one attached hydrogen (secondary N) is 1. The lowest BCUT2D eigenvalue weighted by molar-refractivity contribution is 0.141. The van der Waals surface area contributed by atoms with Gasteiger partial charge in [-0.05, 0) is 29.4 Å². The predicted octanol–water partition coefficient (Wildman–Crippen LogP) is 1.28. The molecule has 16 heavy (non-hydrogen) atoms. The molecule has 2 rings (SSSR count). The summed E-state index contributed by atoms with van der Waals surface area (Å²) >= 11 is 3.62. The van der Waals surface area contributed by atoms with Gasteiger partial charge < -0.3 is 5.32 Å². The maximum atomic E-state index is 4.43. The molecule has 1 aromatic rings. The zero-order chi connectivity index (χ0) is 11.7. The number of likely N-dealkylation sites (N-methyl/N-ethyl adjacent to an activating group) is 1. The molecule has 0 aliphatic carbocycles. The van der Waals surface area contributed by atoms with E-state index in [1.54, 1.807) is 0 Å². The van der Waals surface area contributed by atoms with Crippen LogP contribution in [0.2, 0.25) is 0 Å². The van der Waals surface area contributed by atoms with Gasteiger partial charge in [-0.25, -0.2) is 0 Å². The molecule has 1 saturated heterocycles. The number of hydrogen-bond donors (Lipinski definition) is 1. The van der Waals surface area contributed by atoms with Crippen LogP contribution in [-0.4, -0.2) is 40.4 Å². The van der Waals surface area contributed by atoms with Crippen LogP contribution < -0.4 is 5.32 Å². The molecule has 0 amide bonds. The predicted molar refractivity (Wildman–Crippen MR) is 68.4 cm³/mol. The lowest BCUT2D eigenvalue weighted by atomic mass is 10.1. The van der Waals surface area contributed by atoms with Crippen LogP contribution in [0.5, 0.6) is 0 Å². The van der Waals surface area contributed by atoms with Gasteiger partial charge in [-0.2, -0.15) is 5.10 Å². The Hall–Kier alpha value is -0.390. The zero-order valence-electron chi connectivity index (χ0n) is 10.1.